The molecule has 0 aliphatic carbocycles. The van der Waals surface area contributed by atoms with Gasteiger partial charge in [0.25, 0.3) is 11.6 Å². The zero-order chi connectivity index (χ0) is 8.97. The van der Waals surface area contributed by atoms with Gasteiger partial charge < -0.3 is 4.85 Å². The molecule has 0 bridgehead atoms. The van der Waals surface area contributed by atoms with Crippen LogP contribution in [-0.2, 0) is 0 Å². The minimum absolute atomic E-state index is 0.215. The Hall–Kier alpha value is -2.52. The number of hydrogen-bond acceptors (Lipinski definition) is 5. The van der Waals surface area contributed by atoms with Crippen LogP contribution < -0.4 is 0 Å². The lowest BCUT2D eigenvalue weighted by atomic mass is 10.6. The molecule has 0 saturated heterocycles. The van der Waals surface area contributed by atoms with Gasteiger partial charge in [0.15, 0.2) is 12.1 Å². The van der Waals surface area contributed by atoms with E-state index in [0.29, 0.717) is 0 Å². The number of hydrogen-bond donors (Lipinski definition) is 0. The molecule has 0 N–H and O–H groups in total. The van der Waals surface area contributed by atoms with Crippen molar-refractivity contribution in [2.24, 2.45) is 0 Å². The van der Waals surface area contributed by atoms with E-state index < -0.39 is 0 Å². The van der Waals surface area contributed by atoms with Crippen LogP contribution in [0.3, 0.4) is 0 Å². The molecule has 6 heteroatoms. The molecule has 0 radical (unpaired) electrons. The van der Waals surface area contributed by atoms with Crippen molar-refractivity contribution in [1.29, 1.82) is 10.5 Å². The van der Waals surface area contributed by atoms with E-state index in [1.54, 1.807) is 12.1 Å². The topological polar surface area (TPSA) is 90.6 Å². The van der Waals surface area contributed by atoms with Crippen molar-refractivity contribution in [1.82, 2.24) is 15.0 Å². The van der Waals surface area contributed by atoms with Crippen LogP contribution in [0.15, 0.2) is 0 Å². The van der Waals surface area contributed by atoms with Gasteiger partial charge in [-0.05, 0) is 0 Å². The Morgan fingerprint density at radius 2 is 1.58 bits per heavy atom. The normalized spacial score (nSPS) is 7.75. The number of nitriles is 2. The van der Waals surface area contributed by atoms with Gasteiger partial charge in [-0.2, -0.15) is 15.5 Å². The molecule has 12 heavy (non-hydrogen) atoms. The predicted octanol–water partition coefficient (Wildman–Crippen LogP) is 0.166. The van der Waals surface area contributed by atoms with Crippen LogP contribution in [0.1, 0.15) is 11.6 Å². The maximum atomic E-state index is 8.36. The largest absolute Gasteiger partial charge is 0.394 e. The molecule has 0 saturated carbocycles. The highest BCUT2D eigenvalue weighted by Crippen LogP contribution is 2.02. The van der Waals surface area contributed by atoms with E-state index in [0.717, 1.165) is 0 Å². The van der Waals surface area contributed by atoms with Crippen LogP contribution in [0.5, 0.6) is 0 Å². The second-order valence-electron chi connectivity index (χ2n) is 1.62. The minimum Gasteiger partial charge on any atom is -0.394 e. The second kappa shape index (κ2) is 3.05. The molecule has 0 atom stereocenters. The summed E-state index contributed by atoms with van der Waals surface area (Å²) in [6, 6.07) is 3.24. The average Bonchev–Trinajstić information content (AvgIpc) is 2.16. The summed E-state index contributed by atoms with van der Waals surface area (Å²) < 4.78 is 0. The second-order valence-corrected chi connectivity index (χ2v) is 1.62. The van der Waals surface area contributed by atoms with Gasteiger partial charge in [0.2, 0.25) is 0 Å². The fourth-order valence-electron chi connectivity index (χ4n) is 0.515. The van der Waals surface area contributed by atoms with Gasteiger partial charge in [-0.15, -0.1) is 16.5 Å². The molecule has 1 aromatic rings. The van der Waals surface area contributed by atoms with Crippen LogP contribution in [0.25, 0.3) is 4.85 Å². The number of rotatable bonds is 0. The SMILES string of the molecule is [C-]#[N+]c1nc(C#N)nc(C#N)n1. The first-order valence-corrected chi connectivity index (χ1v) is 2.74. The third-order valence-electron chi connectivity index (χ3n) is 0.924. The molecule has 6 nitrogen and oxygen atoms in total. The Kier molecular flexibility index (Phi) is 1.93. The highest BCUT2D eigenvalue weighted by molar-refractivity contribution is 5.31. The lowest BCUT2D eigenvalue weighted by Crippen LogP contribution is -1.95. The molecule has 0 unspecified atom stereocenters. The first kappa shape index (κ1) is 7.59. The Balaban J connectivity index is 3.36. The van der Waals surface area contributed by atoms with Crippen LogP contribution >= 0.6 is 0 Å². The quantitative estimate of drug-likeness (QED) is 0.499. The van der Waals surface area contributed by atoms with Crippen LogP contribution in [0, 0.1) is 29.2 Å². The van der Waals surface area contributed by atoms with Crippen molar-refractivity contribution in [3.8, 4) is 12.1 Å². The van der Waals surface area contributed by atoms with Crippen molar-refractivity contribution < 1.29 is 0 Å². The molecule has 1 rings (SSSR count). The molecule has 0 aliphatic rings. The molecular formula is C6N6. The first-order chi connectivity index (χ1) is 5.80. The highest BCUT2D eigenvalue weighted by Gasteiger charge is 2.07. The van der Waals surface area contributed by atoms with Crippen molar-refractivity contribution in [2.45, 2.75) is 0 Å². The van der Waals surface area contributed by atoms with Crippen molar-refractivity contribution in [2.75, 3.05) is 0 Å². The first-order valence-electron chi connectivity index (χ1n) is 2.74. The van der Waals surface area contributed by atoms with Gasteiger partial charge in [-0.25, -0.2) is 0 Å². The summed E-state index contributed by atoms with van der Waals surface area (Å²) >= 11 is 0. The summed E-state index contributed by atoms with van der Waals surface area (Å²) in [5.41, 5.74) is 0. The monoisotopic (exact) mass is 156 g/mol. The Bertz CT molecular complexity index is 350. The molecule has 0 fully saturated rings. The average molecular weight is 156 g/mol. The van der Waals surface area contributed by atoms with Crippen molar-refractivity contribution >= 4 is 5.95 Å². The van der Waals surface area contributed by atoms with Crippen molar-refractivity contribution in [3.05, 3.63) is 23.1 Å². The minimum atomic E-state index is -0.238. The Labute approximate surface area is 67.6 Å². The maximum absolute atomic E-state index is 8.36. The molecule has 1 heterocycles. The third-order valence-corrected chi connectivity index (χ3v) is 0.924. The molecule has 1 aromatic heterocycles. The van der Waals surface area contributed by atoms with Gasteiger partial charge >= 0.3 is 5.95 Å². The summed E-state index contributed by atoms with van der Waals surface area (Å²) in [7, 11) is 0. The molecule has 0 aliphatic heterocycles. The summed E-state index contributed by atoms with van der Waals surface area (Å²) in [6.07, 6.45) is 0. The van der Waals surface area contributed by atoms with E-state index in [9.17, 15) is 0 Å². The third kappa shape index (κ3) is 1.31. The molecule has 0 amide bonds. The zero-order valence-electron chi connectivity index (χ0n) is 5.68. The van der Waals surface area contributed by atoms with Gasteiger partial charge in [0, 0.05) is 0 Å². The van der Waals surface area contributed by atoms with Crippen LogP contribution in [-0.4, -0.2) is 15.0 Å². The molecule has 0 spiro atoms. The van der Waals surface area contributed by atoms with E-state index in [2.05, 4.69) is 19.8 Å². The van der Waals surface area contributed by atoms with E-state index in [-0.39, 0.29) is 17.6 Å². The number of aromatic nitrogens is 3. The van der Waals surface area contributed by atoms with E-state index in [4.69, 9.17) is 17.1 Å². The predicted molar refractivity (Wildman–Crippen MR) is 35.5 cm³/mol. The van der Waals surface area contributed by atoms with Gasteiger partial charge in [-0.1, -0.05) is 0 Å². The number of nitrogens with zero attached hydrogens (tertiary/aromatic N) is 6. The lowest BCUT2D eigenvalue weighted by Gasteiger charge is -1.86. The molecule has 54 valence electrons. The van der Waals surface area contributed by atoms with E-state index in [1.807, 2.05) is 0 Å². The Morgan fingerprint density at radius 1 is 1.08 bits per heavy atom. The van der Waals surface area contributed by atoms with Crippen LogP contribution in [0.4, 0.5) is 5.95 Å². The summed E-state index contributed by atoms with van der Waals surface area (Å²) in [6.45, 7) is 6.54. The lowest BCUT2D eigenvalue weighted by molar-refractivity contribution is 1.01. The van der Waals surface area contributed by atoms with E-state index in [1.165, 1.54) is 0 Å². The smallest absolute Gasteiger partial charge is 0.376 e. The van der Waals surface area contributed by atoms with Crippen LogP contribution in [0.2, 0.25) is 0 Å². The summed E-state index contributed by atoms with van der Waals surface area (Å²) in [5.74, 6) is -0.668. The zero-order valence-corrected chi connectivity index (χ0v) is 5.68. The Morgan fingerprint density at radius 3 is 1.92 bits per heavy atom. The van der Waals surface area contributed by atoms with Gasteiger partial charge in [-0.3, -0.25) is 0 Å². The van der Waals surface area contributed by atoms with Gasteiger partial charge in [0.1, 0.15) is 0 Å². The van der Waals surface area contributed by atoms with Crippen molar-refractivity contribution in [3.63, 3.8) is 0 Å². The van der Waals surface area contributed by atoms with Gasteiger partial charge in [0.05, 0.1) is 0 Å². The molecule has 0 aromatic carbocycles. The van der Waals surface area contributed by atoms with E-state index >= 15 is 0 Å². The summed E-state index contributed by atoms with van der Waals surface area (Å²) in [5, 5.41) is 16.7. The fourth-order valence-corrected chi connectivity index (χ4v) is 0.515. The fraction of sp³-hybridized carbons (Fsp3) is 0. The molecular weight excluding hydrogens is 156 g/mol. The summed E-state index contributed by atoms with van der Waals surface area (Å²) in [4.78, 5) is 13.2. The maximum Gasteiger partial charge on any atom is 0.376 e. The standard InChI is InChI=1S/C6N6/c1-9-6-11-4(2-7)10-5(3-8)12-6. The highest BCUT2D eigenvalue weighted by atomic mass is 15.1.